The lowest BCUT2D eigenvalue weighted by atomic mass is 9.84. The molecule has 0 aliphatic rings. The average molecular weight is 389 g/mol. The van der Waals surface area contributed by atoms with Crippen LogP contribution in [0.5, 0.6) is 23.0 Å². The minimum Gasteiger partial charge on any atom is -0.493 e. The van der Waals surface area contributed by atoms with E-state index in [0.717, 1.165) is 24.0 Å². The van der Waals surface area contributed by atoms with Crippen molar-refractivity contribution in [3.05, 3.63) is 35.4 Å². The van der Waals surface area contributed by atoms with Gasteiger partial charge in [0, 0.05) is 23.5 Å². The van der Waals surface area contributed by atoms with Crippen LogP contribution in [0.25, 0.3) is 0 Å². The first-order chi connectivity index (χ1) is 13.3. The molecular formula is C22H32N2O4. The van der Waals surface area contributed by atoms with E-state index in [-0.39, 0.29) is 0 Å². The van der Waals surface area contributed by atoms with Gasteiger partial charge in [0.15, 0.2) is 23.0 Å². The molecule has 0 spiro atoms. The average Bonchev–Trinajstić information content (AvgIpc) is 2.69. The number of ether oxygens (including phenoxy) is 4. The molecule has 0 amide bonds. The molecule has 0 aliphatic carbocycles. The first-order valence-electron chi connectivity index (χ1n) is 9.35. The molecule has 6 heteroatoms. The van der Waals surface area contributed by atoms with E-state index in [1.54, 1.807) is 28.4 Å². The molecule has 0 saturated heterocycles. The Hall–Kier alpha value is -2.76. The van der Waals surface area contributed by atoms with E-state index in [1.807, 2.05) is 24.3 Å². The Labute approximate surface area is 167 Å². The molecule has 0 saturated carbocycles. The number of hydrogen-bond acceptors (Lipinski definition) is 6. The molecule has 6 nitrogen and oxygen atoms in total. The van der Waals surface area contributed by atoms with Gasteiger partial charge >= 0.3 is 0 Å². The van der Waals surface area contributed by atoms with Crippen molar-refractivity contribution >= 4 is 11.4 Å². The molecule has 0 bridgehead atoms. The quantitative estimate of drug-likeness (QED) is 0.633. The lowest BCUT2D eigenvalue weighted by Crippen LogP contribution is -2.15. The molecule has 0 fully saturated rings. The van der Waals surface area contributed by atoms with Gasteiger partial charge in [0.2, 0.25) is 0 Å². The van der Waals surface area contributed by atoms with E-state index < -0.39 is 0 Å². The van der Waals surface area contributed by atoms with Crippen LogP contribution in [0.4, 0.5) is 11.4 Å². The van der Waals surface area contributed by atoms with Crippen molar-refractivity contribution in [3.63, 3.8) is 0 Å². The Morgan fingerprint density at radius 2 is 0.893 bits per heavy atom. The highest BCUT2D eigenvalue weighted by Crippen LogP contribution is 2.36. The summed E-state index contributed by atoms with van der Waals surface area (Å²) >= 11 is 0. The third-order valence-corrected chi connectivity index (χ3v) is 5.35. The van der Waals surface area contributed by atoms with Gasteiger partial charge in [-0.25, -0.2) is 0 Å². The monoisotopic (exact) mass is 388 g/mol. The number of hydrogen-bond donors (Lipinski definition) is 2. The smallest absolute Gasteiger partial charge is 0.162 e. The molecule has 4 N–H and O–H groups in total. The van der Waals surface area contributed by atoms with Gasteiger partial charge in [0.1, 0.15) is 0 Å². The maximum atomic E-state index is 6.23. The number of benzene rings is 2. The minimum atomic E-state index is 0.382. The van der Waals surface area contributed by atoms with Crippen LogP contribution in [-0.2, 0) is 12.8 Å². The van der Waals surface area contributed by atoms with Crippen molar-refractivity contribution in [1.82, 2.24) is 0 Å². The van der Waals surface area contributed by atoms with E-state index in [1.165, 1.54) is 0 Å². The van der Waals surface area contributed by atoms with Crippen molar-refractivity contribution in [2.45, 2.75) is 26.7 Å². The first-order valence-corrected chi connectivity index (χ1v) is 9.35. The molecule has 2 rings (SSSR count). The van der Waals surface area contributed by atoms with Crippen molar-refractivity contribution < 1.29 is 18.9 Å². The fourth-order valence-electron chi connectivity index (χ4n) is 3.32. The van der Waals surface area contributed by atoms with Gasteiger partial charge in [-0.3, -0.25) is 0 Å². The lowest BCUT2D eigenvalue weighted by Gasteiger charge is -2.23. The van der Waals surface area contributed by atoms with Gasteiger partial charge in [-0.15, -0.1) is 0 Å². The lowest BCUT2D eigenvalue weighted by molar-refractivity contribution is 0.351. The fraction of sp³-hybridized carbons (Fsp3) is 0.455. The van der Waals surface area contributed by atoms with Crippen LogP contribution in [0.3, 0.4) is 0 Å². The van der Waals surface area contributed by atoms with Crippen LogP contribution in [0, 0.1) is 11.8 Å². The van der Waals surface area contributed by atoms with E-state index in [2.05, 4.69) is 13.8 Å². The topological polar surface area (TPSA) is 89.0 Å². The number of nitrogen functional groups attached to an aromatic ring is 2. The molecular weight excluding hydrogens is 356 g/mol. The van der Waals surface area contributed by atoms with E-state index in [0.29, 0.717) is 46.2 Å². The summed E-state index contributed by atoms with van der Waals surface area (Å²) < 4.78 is 21.5. The third kappa shape index (κ3) is 4.74. The first kappa shape index (κ1) is 21.5. The molecule has 0 unspecified atom stereocenters. The van der Waals surface area contributed by atoms with E-state index in [9.17, 15) is 0 Å². The highest BCUT2D eigenvalue weighted by Gasteiger charge is 2.19. The van der Waals surface area contributed by atoms with Crippen LogP contribution < -0.4 is 30.4 Å². The van der Waals surface area contributed by atoms with Crippen molar-refractivity contribution in [3.8, 4) is 23.0 Å². The molecule has 0 radical (unpaired) electrons. The zero-order valence-electron chi connectivity index (χ0n) is 17.7. The number of rotatable bonds is 9. The van der Waals surface area contributed by atoms with Gasteiger partial charge in [-0.2, -0.15) is 0 Å². The van der Waals surface area contributed by atoms with Crippen molar-refractivity contribution in [2.24, 2.45) is 11.8 Å². The second kappa shape index (κ2) is 9.44. The summed E-state index contributed by atoms with van der Waals surface area (Å²) in [6, 6.07) is 7.56. The summed E-state index contributed by atoms with van der Waals surface area (Å²) in [5, 5.41) is 0. The second-order valence-electron chi connectivity index (χ2n) is 7.17. The van der Waals surface area contributed by atoms with Crippen LogP contribution in [0.2, 0.25) is 0 Å². The maximum absolute atomic E-state index is 6.23. The highest BCUT2D eigenvalue weighted by molar-refractivity contribution is 5.59. The van der Waals surface area contributed by atoms with E-state index in [4.69, 9.17) is 30.4 Å². The Kier molecular flexibility index (Phi) is 7.26. The largest absolute Gasteiger partial charge is 0.493 e. The third-order valence-electron chi connectivity index (χ3n) is 5.35. The zero-order chi connectivity index (χ0) is 20.8. The number of nitrogens with two attached hydrogens (primary N) is 2. The highest BCUT2D eigenvalue weighted by atomic mass is 16.5. The summed E-state index contributed by atoms with van der Waals surface area (Å²) in [4.78, 5) is 0. The SMILES string of the molecule is COc1cc(N)c(C[C@@H](C)[C@@H](C)Cc2cc(OC)c(OC)cc2N)cc1OC. The van der Waals surface area contributed by atoms with Gasteiger partial charge in [-0.1, -0.05) is 13.8 Å². The van der Waals surface area contributed by atoms with Crippen molar-refractivity contribution in [2.75, 3.05) is 39.9 Å². The second-order valence-corrected chi connectivity index (χ2v) is 7.17. The summed E-state index contributed by atoms with van der Waals surface area (Å²) in [6.07, 6.45) is 1.67. The van der Waals surface area contributed by atoms with Gasteiger partial charge < -0.3 is 30.4 Å². The van der Waals surface area contributed by atoms with Gasteiger partial charge in [-0.05, 0) is 47.9 Å². The molecule has 2 aromatic rings. The Morgan fingerprint density at radius 1 is 0.607 bits per heavy atom. The van der Waals surface area contributed by atoms with Gasteiger partial charge in [0.25, 0.3) is 0 Å². The minimum absolute atomic E-state index is 0.382. The Bertz CT molecular complexity index is 740. The molecule has 0 aromatic heterocycles. The number of anilines is 2. The van der Waals surface area contributed by atoms with Crippen LogP contribution in [0.1, 0.15) is 25.0 Å². The maximum Gasteiger partial charge on any atom is 0.162 e. The normalized spacial score (nSPS) is 12.9. The summed E-state index contributed by atoms with van der Waals surface area (Å²) in [5.41, 5.74) is 16.0. The predicted octanol–water partition coefficient (Wildman–Crippen LogP) is 3.94. The molecule has 2 atom stereocenters. The zero-order valence-corrected chi connectivity index (χ0v) is 17.7. The molecule has 2 aromatic carbocycles. The van der Waals surface area contributed by atoms with Crippen molar-refractivity contribution in [1.29, 1.82) is 0 Å². The molecule has 0 aliphatic heterocycles. The van der Waals surface area contributed by atoms with E-state index >= 15 is 0 Å². The van der Waals surface area contributed by atoms with Crippen LogP contribution in [0.15, 0.2) is 24.3 Å². The Balaban J connectivity index is 2.17. The summed E-state index contributed by atoms with van der Waals surface area (Å²) in [7, 11) is 6.47. The molecule has 0 heterocycles. The fourth-order valence-corrected chi connectivity index (χ4v) is 3.32. The number of methoxy groups -OCH3 is 4. The predicted molar refractivity (Wildman–Crippen MR) is 114 cm³/mol. The van der Waals surface area contributed by atoms with Crippen LogP contribution >= 0.6 is 0 Å². The molecule has 28 heavy (non-hydrogen) atoms. The summed E-state index contributed by atoms with van der Waals surface area (Å²) in [5.74, 6) is 3.43. The Morgan fingerprint density at radius 3 is 1.18 bits per heavy atom. The molecule has 154 valence electrons. The van der Waals surface area contributed by atoms with Gasteiger partial charge in [0.05, 0.1) is 28.4 Å². The van der Waals surface area contributed by atoms with Crippen LogP contribution in [-0.4, -0.2) is 28.4 Å². The standard InChI is InChI=1S/C22H32N2O4/c1-13(7-15-9-19(25-3)21(27-5)11-17(15)23)14(2)8-16-10-20(26-4)22(28-6)12-18(16)24/h9-14H,7-8,23-24H2,1-6H3/t13-,14+. The summed E-state index contributed by atoms with van der Waals surface area (Å²) in [6.45, 7) is 4.44.